The Morgan fingerprint density at radius 1 is 0.929 bits per heavy atom. The number of carbonyl (C=O) groups excluding carboxylic acids is 2. The lowest BCUT2D eigenvalue weighted by atomic mass is 9.74. The molecule has 7 rings (SSSR count). The van der Waals surface area contributed by atoms with E-state index in [-0.39, 0.29) is 23.0 Å². The maximum atomic E-state index is 13.6. The quantitative estimate of drug-likeness (QED) is 0.230. The second-order valence-corrected chi connectivity index (χ2v) is 10.9. The van der Waals surface area contributed by atoms with Crippen LogP contribution in [0.3, 0.4) is 0 Å². The number of hydrogen-bond donors (Lipinski definition) is 0. The molecule has 5 aromatic rings. The lowest BCUT2D eigenvalue weighted by Crippen LogP contribution is -2.47. The first-order valence-electron chi connectivity index (χ1n) is 13.6. The molecule has 1 spiro atoms. The van der Waals surface area contributed by atoms with Crippen LogP contribution in [0, 0.1) is 0 Å². The monoisotopic (exact) mass is 580 g/mol. The van der Waals surface area contributed by atoms with Gasteiger partial charge < -0.3 is 23.5 Å². The third-order valence-electron chi connectivity index (χ3n) is 8.00. The summed E-state index contributed by atoms with van der Waals surface area (Å²) >= 11 is 5.89. The first kappa shape index (κ1) is 26.0. The molecule has 0 unspecified atom stereocenters. The van der Waals surface area contributed by atoms with Gasteiger partial charge >= 0.3 is 0 Å². The number of para-hydroxylation sites is 1. The van der Waals surface area contributed by atoms with Gasteiger partial charge in [0.1, 0.15) is 11.4 Å². The molecule has 0 atom stereocenters. The summed E-state index contributed by atoms with van der Waals surface area (Å²) in [6, 6.07) is 23.5. The van der Waals surface area contributed by atoms with E-state index in [9.17, 15) is 9.59 Å². The van der Waals surface area contributed by atoms with Crippen molar-refractivity contribution in [2.75, 3.05) is 24.5 Å². The van der Waals surface area contributed by atoms with Crippen molar-refractivity contribution in [2.24, 2.45) is 0 Å². The highest BCUT2D eigenvalue weighted by molar-refractivity contribution is 6.30. The average Bonchev–Trinajstić information content (AvgIpc) is 3.79. The summed E-state index contributed by atoms with van der Waals surface area (Å²) in [5.41, 5.74) is 2.79. The minimum absolute atomic E-state index is 0.0349. The van der Waals surface area contributed by atoms with E-state index in [1.807, 2.05) is 23.1 Å². The summed E-state index contributed by atoms with van der Waals surface area (Å²) in [6.07, 6.45) is 4.53. The van der Waals surface area contributed by atoms with Crippen LogP contribution in [-0.4, -0.2) is 46.5 Å². The van der Waals surface area contributed by atoms with Gasteiger partial charge in [-0.15, -0.1) is 0 Å². The fourth-order valence-electron chi connectivity index (χ4n) is 5.82. The molecule has 1 saturated heterocycles. The lowest BCUT2D eigenvalue weighted by Gasteiger charge is -2.39. The van der Waals surface area contributed by atoms with Crippen LogP contribution in [0.5, 0.6) is 11.6 Å². The molecule has 0 radical (unpaired) electrons. The van der Waals surface area contributed by atoms with Crippen molar-refractivity contribution >= 4 is 29.1 Å². The molecule has 0 bridgehead atoms. The molecule has 1 fully saturated rings. The topological polar surface area (TPSA) is 102 Å². The highest BCUT2D eigenvalue weighted by Crippen LogP contribution is 2.47. The molecule has 42 heavy (non-hydrogen) atoms. The van der Waals surface area contributed by atoms with Gasteiger partial charge in [-0.2, -0.15) is 0 Å². The molecular formula is C32H25ClN4O5. The number of likely N-dealkylation sites (tertiary alicyclic amines) is 1. The first-order chi connectivity index (χ1) is 20.5. The van der Waals surface area contributed by atoms with Crippen molar-refractivity contribution in [3.05, 3.63) is 113 Å². The number of anilines is 1. The summed E-state index contributed by atoms with van der Waals surface area (Å²) in [7, 11) is 0. The Balaban J connectivity index is 1.04. The van der Waals surface area contributed by atoms with E-state index in [1.165, 1.54) is 6.20 Å². The standard InChI is InChI=1S/C32H25ClN4O5/c33-22-9-12-29(34-19-22)41-23-10-7-21(8-11-23)30(38)36-15-13-32(14-16-36)20-37(26-5-2-1-4-24(26)32)31(39)28-18-25(35-42-28)27-6-3-17-40-27/h1-12,17-19H,13-16,20H2. The number of benzene rings is 2. The molecule has 9 nitrogen and oxygen atoms in total. The van der Waals surface area contributed by atoms with Gasteiger partial charge in [0.2, 0.25) is 11.6 Å². The van der Waals surface area contributed by atoms with Crippen molar-refractivity contribution < 1.29 is 23.3 Å². The molecule has 0 saturated carbocycles. The van der Waals surface area contributed by atoms with Gasteiger partial charge in [0.05, 0.1) is 11.3 Å². The van der Waals surface area contributed by atoms with Crippen LogP contribution < -0.4 is 9.64 Å². The molecule has 0 N–H and O–H groups in total. The molecule has 2 amide bonds. The van der Waals surface area contributed by atoms with Crippen LogP contribution >= 0.6 is 11.6 Å². The number of amides is 2. The molecule has 10 heteroatoms. The van der Waals surface area contributed by atoms with Crippen LogP contribution in [0.2, 0.25) is 5.02 Å². The fraction of sp³-hybridized carbons (Fsp3) is 0.188. The summed E-state index contributed by atoms with van der Waals surface area (Å²) < 4.78 is 16.6. The van der Waals surface area contributed by atoms with E-state index in [0.29, 0.717) is 53.3 Å². The Hall–Kier alpha value is -4.89. The molecule has 2 aliphatic rings. The molecule has 3 aromatic heterocycles. The van der Waals surface area contributed by atoms with E-state index < -0.39 is 0 Å². The predicted octanol–water partition coefficient (Wildman–Crippen LogP) is 6.61. The van der Waals surface area contributed by atoms with Gasteiger partial charge in [-0.1, -0.05) is 35.0 Å². The number of ether oxygens (including phenoxy) is 1. The Labute approximate surface area is 246 Å². The van der Waals surface area contributed by atoms with E-state index >= 15 is 0 Å². The SMILES string of the molecule is O=C(c1ccc(Oc2ccc(Cl)cn2)cc1)N1CCC2(CC1)CN(C(=O)c1cc(-c3ccco3)no1)c1ccccc12. The van der Waals surface area contributed by atoms with E-state index in [2.05, 4.69) is 16.2 Å². The van der Waals surface area contributed by atoms with Gasteiger partial charge in [-0.25, -0.2) is 4.98 Å². The van der Waals surface area contributed by atoms with E-state index in [4.69, 9.17) is 25.3 Å². The third-order valence-corrected chi connectivity index (χ3v) is 8.22. The number of furan rings is 1. The summed E-state index contributed by atoms with van der Waals surface area (Å²) in [5.74, 6) is 1.40. The smallest absolute Gasteiger partial charge is 0.296 e. The number of pyridine rings is 1. The summed E-state index contributed by atoms with van der Waals surface area (Å²) in [6.45, 7) is 1.66. The number of rotatable bonds is 5. The average molecular weight is 581 g/mol. The number of piperidine rings is 1. The maximum Gasteiger partial charge on any atom is 0.296 e. The van der Waals surface area contributed by atoms with Gasteiger partial charge in [-0.05, 0) is 66.9 Å². The minimum atomic E-state index is -0.254. The van der Waals surface area contributed by atoms with Crippen molar-refractivity contribution in [3.8, 4) is 23.1 Å². The molecule has 2 aliphatic heterocycles. The minimum Gasteiger partial charge on any atom is -0.463 e. The Morgan fingerprint density at radius 2 is 1.74 bits per heavy atom. The van der Waals surface area contributed by atoms with E-state index in [1.54, 1.807) is 65.8 Å². The number of aromatic nitrogens is 2. The Bertz CT molecular complexity index is 1740. The predicted molar refractivity (Wildman–Crippen MR) is 155 cm³/mol. The summed E-state index contributed by atoms with van der Waals surface area (Å²) in [5, 5.41) is 4.55. The maximum absolute atomic E-state index is 13.6. The van der Waals surface area contributed by atoms with Crippen molar-refractivity contribution in [3.63, 3.8) is 0 Å². The van der Waals surface area contributed by atoms with Crippen LogP contribution in [-0.2, 0) is 5.41 Å². The molecule has 210 valence electrons. The normalized spacial score (nSPS) is 15.5. The highest BCUT2D eigenvalue weighted by atomic mass is 35.5. The number of fused-ring (bicyclic) bond motifs is 2. The second-order valence-electron chi connectivity index (χ2n) is 10.5. The first-order valence-corrected chi connectivity index (χ1v) is 14.0. The highest BCUT2D eigenvalue weighted by Gasteiger charge is 2.47. The fourth-order valence-corrected chi connectivity index (χ4v) is 5.93. The molecular weight excluding hydrogens is 556 g/mol. The van der Waals surface area contributed by atoms with Gasteiger partial charge in [-0.3, -0.25) is 9.59 Å². The van der Waals surface area contributed by atoms with Crippen molar-refractivity contribution in [1.82, 2.24) is 15.0 Å². The third kappa shape index (κ3) is 4.71. The second kappa shape index (κ2) is 10.5. The molecule has 0 aliphatic carbocycles. The van der Waals surface area contributed by atoms with Crippen LogP contribution in [0.4, 0.5) is 5.69 Å². The summed E-state index contributed by atoms with van der Waals surface area (Å²) in [4.78, 5) is 34.8. The lowest BCUT2D eigenvalue weighted by molar-refractivity contribution is 0.0670. The van der Waals surface area contributed by atoms with Gasteiger partial charge in [0.15, 0.2) is 5.76 Å². The van der Waals surface area contributed by atoms with Crippen LogP contribution in [0.15, 0.2) is 100 Å². The molecule has 2 aromatic carbocycles. The number of carbonyl (C=O) groups is 2. The van der Waals surface area contributed by atoms with Crippen LogP contribution in [0.1, 0.15) is 39.3 Å². The van der Waals surface area contributed by atoms with Gasteiger partial charge in [0.25, 0.3) is 11.8 Å². The van der Waals surface area contributed by atoms with Gasteiger partial charge in [0, 0.05) is 54.6 Å². The van der Waals surface area contributed by atoms with E-state index in [0.717, 1.165) is 24.1 Å². The number of halogens is 1. The zero-order valence-electron chi connectivity index (χ0n) is 22.4. The largest absolute Gasteiger partial charge is 0.463 e. The number of hydrogen-bond acceptors (Lipinski definition) is 7. The Kier molecular flexibility index (Phi) is 6.51. The zero-order valence-corrected chi connectivity index (χ0v) is 23.2. The zero-order chi connectivity index (χ0) is 28.7. The Morgan fingerprint density at radius 3 is 2.48 bits per heavy atom. The van der Waals surface area contributed by atoms with Crippen molar-refractivity contribution in [2.45, 2.75) is 18.3 Å². The van der Waals surface area contributed by atoms with Crippen LogP contribution in [0.25, 0.3) is 11.5 Å². The number of nitrogens with zero attached hydrogens (tertiary/aromatic N) is 4. The van der Waals surface area contributed by atoms with Crippen molar-refractivity contribution in [1.29, 1.82) is 0 Å². The molecule has 5 heterocycles.